The Balaban J connectivity index is 1.60. The van der Waals surface area contributed by atoms with Crippen LogP contribution in [-0.4, -0.2) is 40.3 Å². The van der Waals surface area contributed by atoms with Gasteiger partial charge in [0, 0.05) is 36.4 Å². The van der Waals surface area contributed by atoms with Crippen LogP contribution >= 0.6 is 0 Å². The molecule has 2 aliphatic rings. The summed E-state index contributed by atoms with van der Waals surface area (Å²) < 4.78 is 0. The first-order valence-electron chi connectivity index (χ1n) is 7.23. The highest BCUT2D eigenvalue weighted by Crippen LogP contribution is 2.27. The van der Waals surface area contributed by atoms with Crippen molar-refractivity contribution in [2.45, 2.75) is 58.2 Å². The van der Waals surface area contributed by atoms with Gasteiger partial charge in [-0.3, -0.25) is 10.00 Å². The van der Waals surface area contributed by atoms with Gasteiger partial charge in [-0.25, -0.2) is 0 Å². The molecule has 1 aromatic rings. The summed E-state index contributed by atoms with van der Waals surface area (Å²) in [4.78, 5) is 2.68. The Hall–Kier alpha value is -0.870. The highest BCUT2D eigenvalue weighted by molar-refractivity contribution is 5.23. The molecule has 2 atom stereocenters. The van der Waals surface area contributed by atoms with Crippen LogP contribution in [0.3, 0.4) is 0 Å². The molecule has 2 aliphatic heterocycles. The third kappa shape index (κ3) is 2.19. The van der Waals surface area contributed by atoms with Crippen molar-refractivity contribution < 1.29 is 0 Å². The molecule has 0 amide bonds. The van der Waals surface area contributed by atoms with Crippen molar-refractivity contribution in [1.82, 2.24) is 20.4 Å². The average molecular weight is 248 g/mol. The Bertz CT molecular complexity index is 392. The maximum absolute atomic E-state index is 4.27. The van der Waals surface area contributed by atoms with Crippen molar-refractivity contribution in [2.24, 2.45) is 0 Å². The molecule has 0 spiro atoms. The number of aryl methyl sites for hydroxylation is 2. The van der Waals surface area contributed by atoms with Crippen molar-refractivity contribution in [3.63, 3.8) is 0 Å². The smallest absolute Gasteiger partial charge is 0.0638 e. The first kappa shape index (κ1) is 12.2. The van der Waals surface area contributed by atoms with Gasteiger partial charge in [0.25, 0.3) is 0 Å². The van der Waals surface area contributed by atoms with Gasteiger partial charge in [0.2, 0.25) is 0 Å². The Morgan fingerprint density at radius 3 is 2.94 bits per heavy atom. The Kier molecular flexibility index (Phi) is 3.39. The number of nitrogens with one attached hydrogen (secondary N) is 2. The lowest BCUT2D eigenvalue weighted by Gasteiger charge is -2.32. The topological polar surface area (TPSA) is 44.0 Å². The second kappa shape index (κ2) is 5.02. The standard InChI is InChI=1S/C14H24N4/c1-10-12(11(2)17-16-10)9-15-13-6-8-18-7-4-3-5-14(13)18/h13-15H,3-9H2,1-2H3,(H,16,17). The zero-order valence-corrected chi connectivity index (χ0v) is 11.5. The van der Waals surface area contributed by atoms with E-state index in [4.69, 9.17) is 0 Å². The van der Waals surface area contributed by atoms with Crippen LogP contribution in [0.15, 0.2) is 0 Å². The molecule has 2 unspecified atom stereocenters. The van der Waals surface area contributed by atoms with Crippen molar-refractivity contribution in [3.8, 4) is 0 Å². The lowest BCUT2D eigenvalue weighted by molar-refractivity contribution is 0.180. The van der Waals surface area contributed by atoms with Crippen LogP contribution in [0, 0.1) is 13.8 Å². The molecule has 4 nitrogen and oxygen atoms in total. The fourth-order valence-corrected chi connectivity index (χ4v) is 3.55. The molecule has 4 heteroatoms. The number of aromatic amines is 1. The molecule has 0 aliphatic carbocycles. The lowest BCUT2D eigenvalue weighted by atomic mass is 9.99. The first-order valence-corrected chi connectivity index (χ1v) is 7.23. The highest BCUT2D eigenvalue weighted by atomic mass is 15.2. The number of fused-ring (bicyclic) bond motifs is 1. The van der Waals surface area contributed by atoms with Crippen LogP contribution in [0.4, 0.5) is 0 Å². The number of piperidine rings is 1. The molecule has 3 heterocycles. The summed E-state index contributed by atoms with van der Waals surface area (Å²) in [6, 6.07) is 1.46. The molecule has 0 radical (unpaired) electrons. The molecule has 3 rings (SSSR count). The van der Waals surface area contributed by atoms with Gasteiger partial charge in [-0.1, -0.05) is 6.42 Å². The van der Waals surface area contributed by atoms with E-state index in [1.165, 1.54) is 50.0 Å². The fourth-order valence-electron chi connectivity index (χ4n) is 3.55. The number of hydrogen-bond donors (Lipinski definition) is 2. The summed E-state index contributed by atoms with van der Waals surface area (Å²) in [7, 11) is 0. The number of H-pyrrole nitrogens is 1. The van der Waals surface area contributed by atoms with Crippen molar-refractivity contribution >= 4 is 0 Å². The second-order valence-electron chi connectivity index (χ2n) is 5.79. The number of aromatic nitrogens is 2. The summed E-state index contributed by atoms with van der Waals surface area (Å²) in [5.74, 6) is 0. The second-order valence-corrected chi connectivity index (χ2v) is 5.79. The van der Waals surface area contributed by atoms with Gasteiger partial charge >= 0.3 is 0 Å². The molecule has 100 valence electrons. The van der Waals surface area contributed by atoms with Crippen molar-refractivity contribution in [3.05, 3.63) is 17.0 Å². The minimum atomic E-state index is 0.680. The molecule has 2 fully saturated rings. The SMILES string of the molecule is Cc1n[nH]c(C)c1CNC1CCN2CCCCC12. The van der Waals surface area contributed by atoms with Crippen molar-refractivity contribution in [1.29, 1.82) is 0 Å². The molecule has 2 saturated heterocycles. The van der Waals surface area contributed by atoms with Crippen LogP contribution < -0.4 is 5.32 Å². The third-order valence-corrected chi connectivity index (χ3v) is 4.68. The zero-order valence-electron chi connectivity index (χ0n) is 11.5. The van der Waals surface area contributed by atoms with E-state index in [1.54, 1.807) is 0 Å². The van der Waals surface area contributed by atoms with E-state index in [1.807, 2.05) is 0 Å². The Labute approximate surface area is 109 Å². The molecular formula is C14H24N4. The Morgan fingerprint density at radius 2 is 2.17 bits per heavy atom. The van der Waals surface area contributed by atoms with Gasteiger partial charge < -0.3 is 5.32 Å². The quantitative estimate of drug-likeness (QED) is 0.856. The summed E-state index contributed by atoms with van der Waals surface area (Å²) in [6.07, 6.45) is 5.48. The lowest BCUT2D eigenvalue weighted by Crippen LogP contribution is -2.44. The average Bonchev–Trinajstić information content (AvgIpc) is 2.93. The predicted molar refractivity (Wildman–Crippen MR) is 72.5 cm³/mol. The van der Waals surface area contributed by atoms with Crippen LogP contribution in [0.2, 0.25) is 0 Å². The van der Waals surface area contributed by atoms with Crippen molar-refractivity contribution in [2.75, 3.05) is 13.1 Å². The van der Waals surface area contributed by atoms with Crippen LogP contribution in [0.1, 0.15) is 42.6 Å². The minimum Gasteiger partial charge on any atom is -0.308 e. The van der Waals surface area contributed by atoms with Gasteiger partial charge in [-0.15, -0.1) is 0 Å². The monoisotopic (exact) mass is 248 g/mol. The van der Waals surface area contributed by atoms with Crippen LogP contribution in [-0.2, 0) is 6.54 Å². The summed E-state index contributed by atoms with van der Waals surface area (Å²) in [5, 5.41) is 11.1. The van der Waals surface area contributed by atoms with Crippen LogP contribution in [0.25, 0.3) is 0 Å². The van der Waals surface area contributed by atoms with E-state index in [2.05, 4.69) is 34.3 Å². The van der Waals surface area contributed by atoms with E-state index in [9.17, 15) is 0 Å². The number of nitrogens with zero attached hydrogens (tertiary/aromatic N) is 2. The van der Waals surface area contributed by atoms with E-state index in [-0.39, 0.29) is 0 Å². The maximum Gasteiger partial charge on any atom is 0.0638 e. The van der Waals surface area contributed by atoms with E-state index >= 15 is 0 Å². The van der Waals surface area contributed by atoms with E-state index in [0.717, 1.165) is 18.3 Å². The molecule has 0 saturated carbocycles. The molecule has 0 aromatic carbocycles. The predicted octanol–water partition coefficient (Wildman–Crippen LogP) is 1.74. The molecule has 2 N–H and O–H groups in total. The maximum atomic E-state index is 4.27. The molecule has 1 aromatic heterocycles. The van der Waals surface area contributed by atoms with E-state index < -0.39 is 0 Å². The normalized spacial score (nSPS) is 28.6. The van der Waals surface area contributed by atoms with Crippen LogP contribution in [0.5, 0.6) is 0 Å². The molecule has 18 heavy (non-hydrogen) atoms. The first-order chi connectivity index (χ1) is 8.75. The van der Waals surface area contributed by atoms with E-state index in [0.29, 0.717) is 6.04 Å². The summed E-state index contributed by atoms with van der Waals surface area (Å²) in [5.41, 5.74) is 3.70. The largest absolute Gasteiger partial charge is 0.308 e. The number of hydrogen-bond acceptors (Lipinski definition) is 3. The zero-order chi connectivity index (χ0) is 12.5. The summed E-state index contributed by atoms with van der Waals surface area (Å²) in [6.45, 7) is 7.75. The minimum absolute atomic E-state index is 0.680. The highest BCUT2D eigenvalue weighted by Gasteiger charge is 2.35. The van der Waals surface area contributed by atoms with Gasteiger partial charge in [-0.2, -0.15) is 5.10 Å². The van der Waals surface area contributed by atoms with Gasteiger partial charge in [0.15, 0.2) is 0 Å². The van der Waals surface area contributed by atoms with Gasteiger partial charge in [0.05, 0.1) is 5.69 Å². The van der Waals surface area contributed by atoms with Gasteiger partial charge in [0.1, 0.15) is 0 Å². The third-order valence-electron chi connectivity index (χ3n) is 4.68. The molecular weight excluding hydrogens is 224 g/mol. The van der Waals surface area contributed by atoms with Gasteiger partial charge in [-0.05, 0) is 39.7 Å². The number of rotatable bonds is 3. The fraction of sp³-hybridized carbons (Fsp3) is 0.786. The summed E-state index contributed by atoms with van der Waals surface area (Å²) >= 11 is 0. The Morgan fingerprint density at radius 1 is 1.28 bits per heavy atom. The molecule has 0 bridgehead atoms.